The first-order valence-electron chi connectivity index (χ1n) is 7.80. The number of hydrogen-bond donors (Lipinski definition) is 2. The van der Waals surface area contributed by atoms with E-state index in [1.807, 2.05) is 13.8 Å². The van der Waals surface area contributed by atoms with Crippen molar-refractivity contribution in [3.05, 3.63) is 0 Å². The minimum absolute atomic E-state index is 0.00213. The van der Waals surface area contributed by atoms with Crippen LogP contribution in [0.2, 0.25) is 0 Å². The lowest BCUT2D eigenvalue weighted by molar-refractivity contribution is -0.131. The van der Waals surface area contributed by atoms with Crippen LogP contribution in [-0.2, 0) is 9.59 Å². The highest BCUT2D eigenvalue weighted by molar-refractivity contribution is 5.80. The number of amides is 2. The molecule has 3 unspecified atom stereocenters. The molecule has 1 aliphatic carbocycles. The van der Waals surface area contributed by atoms with Crippen LogP contribution >= 0.6 is 0 Å². The van der Waals surface area contributed by atoms with Gasteiger partial charge < -0.3 is 16.0 Å². The van der Waals surface area contributed by atoms with Crippen molar-refractivity contribution in [3.8, 4) is 0 Å². The molecule has 0 aromatic heterocycles. The van der Waals surface area contributed by atoms with Crippen molar-refractivity contribution in [3.63, 3.8) is 0 Å². The van der Waals surface area contributed by atoms with E-state index in [4.69, 9.17) is 5.73 Å². The average molecular weight is 283 g/mol. The van der Waals surface area contributed by atoms with Crippen LogP contribution in [0.3, 0.4) is 0 Å². The Morgan fingerprint density at radius 2 is 1.90 bits per heavy atom. The second kappa shape index (κ2) is 8.25. The van der Waals surface area contributed by atoms with Crippen LogP contribution in [-0.4, -0.2) is 42.4 Å². The molecule has 0 spiro atoms. The Morgan fingerprint density at radius 1 is 1.25 bits per heavy atom. The molecular formula is C15H29N3O2. The number of hydrogen-bond acceptors (Lipinski definition) is 3. The molecule has 3 N–H and O–H groups in total. The first-order chi connectivity index (χ1) is 9.49. The van der Waals surface area contributed by atoms with Crippen molar-refractivity contribution in [1.29, 1.82) is 0 Å². The zero-order chi connectivity index (χ0) is 15.1. The van der Waals surface area contributed by atoms with Crippen molar-refractivity contribution in [2.24, 2.45) is 17.6 Å². The van der Waals surface area contributed by atoms with E-state index in [1.54, 1.807) is 4.90 Å². The highest BCUT2D eigenvalue weighted by Gasteiger charge is 2.31. The van der Waals surface area contributed by atoms with Crippen LogP contribution in [0.15, 0.2) is 0 Å². The van der Waals surface area contributed by atoms with Gasteiger partial charge in [-0.05, 0) is 39.0 Å². The minimum atomic E-state index is 0.00213. The molecule has 3 atom stereocenters. The molecule has 0 aromatic carbocycles. The maximum atomic E-state index is 12.2. The van der Waals surface area contributed by atoms with Crippen molar-refractivity contribution in [2.75, 3.05) is 19.6 Å². The zero-order valence-electron chi connectivity index (χ0n) is 13.0. The molecule has 0 saturated heterocycles. The highest BCUT2D eigenvalue weighted by Crippen LogP contribution is 2.29. The molecule has 0 bridgehead atoms. The van der Waals surface area contributed by atoms with E-state index in [-0.39, 0.29) is 23.8 Å². The molecule has 20 heavy (non-hydrogen) atoms. The maximum absolute atomic E-state index is 12.2. The summed E-state index contributed by atoms with van der Waals surface area (Å²) < 4.78 is 0. The Morgan fingerprint density at radius 3 is 2.50 bits per heavy atom. The molecular weight excluding hydrogens is 254 g/mol. The van der Waals surface area contributed by atoms with Crippen molar-refractivity contribution < 1.29 is 9.59 Å². The summed E-state index contributed by atoms with van der Waals surface area (Å²) >= 11 is 0. The highest BCUT2D eigenvalue weighted by atomic mass is 16.2. The lowest BCUT2D eigenvalue weighted by Gasteiger charge is -2.31. The number of nitrogens with two attached hydrogens (primary N) is 1. The van der Waals surface area contributed by atoms with Crippen LogP contribution in [0.25, 0.3) is 0 Å². The fourth-order valence-electron chi connectivity index (χ4n) is 2.88. The Bertz CT molecular complexity index is 329. The molecule has 1 fully saturated rings. The van der Waals surface area contributed by atoms with E-state index >= 15 is 0 Å². The molecule has 1 rings (SSSR count). The molecule has 5 heteroatoms. The van der Waals surface area contributed by atoms with Crippen LogP contribution in [0.4, 0.5) is 0 Å². The molecule has 5 nitrogen and oxygen atoms in total. The van der Waals surface area contributed by atoms with Gasteiger partial charge in [0, 0.05) is 38.0 Å². The van der Waals surface area contributed by atoms with E-state index in [0.29, 0.717) is 18.9 Å². The molecule has 0 aliphatic heterocycles. The predicted octanol–water partition coefficient (Wildman–Crippen LogP) is 1.12. The predicted molar refractivity (Wildman–Crippen MR) is 80.0 cm³/mol. The summed E-state index contributed by atoms with van der Waals surface area (Å²) in [6.45, 7) is 7.90. The van der Waals surface area contributed by atoms with E-state index in [0.717, 1.165) is 32.4 Å². The van der Waals surface area contributed by atoms with Gasteiger partial charge in [-0.1, -0.05) is 6.92 Å². The number of carbonyl (C=O) groups excluding carboxylic acids is 2. The second-order valence-electron chi connectivity index (χ2n) is 5.76. The monoisotopic (exact) mass is 283 g/mol. The maximum Gasteiger partial charge on any atom is 0.224 e. The van der Waals surface area contributed by atoms with Crippen molar-refractivity contribution in [2.45, 2.75) is 52.5 Å². The molecule has 0 aromatic rings. The third kappa shape index (κ3) is 4.78. The fourth-order valence-corrected chi connectivity index (χ4v) is 2.88. The van der Waals surface area contributed by atoms with Crippen molar-refractivity contribution >= 4 is 11.8 Å². The lowest BCUT2D eigenvalue weighted by Crippen LogP contribution is -2.42. The Hall–Kier alpha value is -1.10. The molecule has 1 aliphatic rings. The van der Waals surface area contributed by atoms with Gasteiger partial charge in [0.2, 0.25) is 11.8 Å². The van der Waals surface area contributed by atoms with Gasteiger partial charge in [0.1, 0.15) is 0 Å². The van der Waals surface area contributed by atoms with Gasteiger partial charge in [0.25, 0.3) is 0 Å². The average Bonchev–Trinajstić information content (AvgIpc) is 2.42. The van der Waals surface area contributed by atoms with E-state index < -0.39 is 0 Å². The molecule has 1 saturated carbocycles. The van der Waals surface area contributed by atoms with Gasteiger partial charge in [0.05, 0.1) is 0 Å². The lowest BCUT2D eigenvalue weighted by atomic mass is 9.78. The fraction of sp³-hybridized carbons (Fsp3) is 0.867. The van der Waals surface area contributed by atoms with E-state index in [1.165, 1.54) is 0 Å². The Balaban J connectivity index is 2.34. The van der Waals surface area contributed by atoms with Gasteiger partial charge in [-0.3, -0.25) is 9.59 Å². The van der Waals surface area contributed by atoms with E-state index in [9.17, 15) is 9.59 Å². The van der Waals surface area contributed by atoms with Crippen LogP contribution < -0.4 is 11.1 Å². The summed E-state index contributed by atoms with van der Waals surface area (Å²) in [4.78, 5) is 25.8. The van der Waals surface area contributed by atoms with Crippen LogP contribution in [0.1, 0.15) is 46.5 Å². The van der Waals surface area contributed by atoms with Crippen LogP contribution in [0.5, 0.6) is 0 Å². The summed E-state index contributed by atoms with van der Waals surface area (Å²) in [5, 5.41) is 2.90. The number of nitrogens with one attached hydrogen (secondary N) is 1. The summed E-state index contributed by atoms with van der Waals surface area (Å²) in [6, 6.07) is 0.138. The Kier molecular flexibility index (Phi) is 6.99. The first kappa shape index (κ1) is 17.0. The van der Waals surface area contributed by atoms with Gasteiger partial charge in [0.15, 0.2) is 0 Å². The first-order valence-corrected chi connectivity index (χ1v) is 7.80. The van der Waals surface area contributed by atoms with Gasteiger partial charge >= 0.3 is 0 Å². The zero-order valence-corrected chi connectivity index (χ0v) is 13.0. The molecule has 0 radical (unpaired) electrons. The standard InChI is InChI=1S/C15H29N3O2/c1-4-18(5-2)14(19)8-9-17-15(20)13-10-12(16)7-6-11(13)3/h11-13H,4-10,16H2,1-3H3,(H,17,20). The normalized spacial score (nSPS) is 26.1. The van der Waals surface area contributed by atoms with Crippen LogP contribution in [0, 0.1) is 11.8 Å². The summed E-state index contributed by atoms with van der Waals surface area (Å²) in [6.07, 6.45) is 3.15. The quantitative estimate of drug-likeness (QED) is 0.767. The minimum Gasteiger partial charge on any atom is -0.355 e. The summed E-state index contributed by atoms with van der Waals surface area (Å²) in [5.74, 6) is 0.541. The summed E-state index contributed by atoms with van der Waals surface area (Å²) in [7, 11) is 0. The van der Waals surface area contributed by atoms with Gasteiger partial charge in [-0.15, -0.1) is 0 Å². The van der Waals surface area contributed by atoms with E-state index in [2.05, 4.69) is 12.2 Å². The smallest absolute Gasteiger partial charge is 0.224 e. The van der Waals surface area contributed by atoms with Gasteiger partial charge in [-0.2, -0.15) is 0 Å². The molecule has 2 amide bonds. The third-order valence-electron chi connectivity index (χ3n) is 4.33. The number of nitrogens with zero attached hydrogens (tertiary/aromatic N) is 1. The number of rotatable bonds is 6. The van der Waals surface area contributed by atoms with Gasteiger partial charge in [-0.25, -0.2) is 0 Å². The summed E-state index contributed by atoms with van der Waals surface area (Å²) in [5.41, 5.74) is 5.94. The SMILES string of the molecule is CCN(CC)C(=O)CCNC(=O)C1CC(N)CCC1C. The number of carbonyl (C=O) groups is 2. The topological polar surface area (TPSA) is 75.4 Å². The molecule has 116 valence electrons. The largest absolute Gasteiger partial charge is 0.355 e. The van der Waals surface area contributed by atoms with Crippen molar-refractivity contribution in [1.82, 2.24) is 10.2 Å². The third-order valence-corrected chi connectivity index (χ3v) is 4.33. The Labute approximate surface area is 122 Å². The second-order valence-corrected chi connectivity index (χ2v) is 5.76. The molecule has 0 heterocycles.